The molecule has 0 saturated carbocycles. The molecule has 1 heterocycles. The van der Waals surface area contributed by atoms with Gasteiger partial charge in [0, 0.05) is 24.6 Å². The number of imide groups is 1. The summed E-state index contributed by atoms with van der Waals surface area (Å²) in [5.74, 6) is -2.17. The monoisotopic (exact) mass is 438 g/mol. The number of nitrogens with zero attached hydrogens (tertiary/aromatic N) is 2. The minimum atomic E-state index is -4.78. The maximum absolute atomic E-state index is 12.6. The van der Waals surface area contributed by atoms with Crippen LogP contribution in [0.5, 0.6) is 0 Å². The number of rotatable bonds is 6. The van der Waals surface area contributed by atoms with Gasteiger partial charge >= 0.3 is 5.51 Å². The summed E-state index contributed by atoms with van der Waals surface area (Å²) in [6, 6.07) is 7.59. The van der Waals surface area contributed by atoms with Crippen molar-refractivity contribution in [3.63, 3.8) is 0 Å². The van der Waals surface area contributed by atoms with Crippen molar-refractivity contribution >= 4 is 46.6 Å². The number of likely N-dealkylation sites (N-methyl/N-ethyl adjacent to an activating group) is 1. The fourth-order valence-electron chi connectivity index (χ4n) is 3.19. The highest BCUT2D eigenvalue weighted by Crippen LogP contribution is 2.37. The Labute approximate surface area is 174 Å². The van der Waals surface area contributed by atoms with Crippen molar-refractivity contribution < 1.29 is 31.8 Å². The van der Waals surface area contributed by atoms with Gasteiger partial charge in [0.05, 0.1) is 11.1 Å². The highest BCUT2D eigenvalue weighted by Gasteiger charge is 2.39. The van der Waals surface area contributed by atoms with Gasteiger partial charge in [-0.3, -0.25) is 14.4 Å². The molecule has 6 nitrogen and oxygen atoms in total. The van der Waals surface area contributed by atoms with Crippen molar-refractivity contribution in [1.82, 2.24) is 9.96 Å². The van der Waals surface area contributed by atoms with E-state index in [-0.39, 0.29) is 22.1 Å². The molecule has 1 aliphatic heterocycles. The Morgan fingerprint density at radius 2 is 1.73 bits per heavy atom. The Morgan fingerprint density at radius 1 is 1.10 bits per heavy atom. The molecule has 0 radical (unpaired) electrons. The molecular weight excluding hydrogens is 421 g/mol. The number of hydroxylamine groups is 2. The molecule has 10 heteroatoms. The van der Waals surface area contributed by atoms with Crippen molar-refractivity contribution in [2.24, 2.45) is 0 Å². The smallest absolute Gasteiger partial charge is 0.340 e. The average molecular weight is 438 g/mol. The molecule has 1 aliphatic rings. The van der Waals surface area contributed by atoms with Gasteiger partial charge in [0.2, 0.25) is 5.91 Å². The van der Waals surface area contributed by atoms with Crippen LogP contribution in [0.4, 0.5) is 13.2 Å². The second-order valence-electron chi connectivity index (χ2n) is 6.28. The molecule has 0 unspecified atom stereocenters. The molecule has 0 N–H and O–H groups in total. The summed E-state index contributed by atoms with van der Waals surface area (Å²) in [4.78, 5) is 39.0. The summed E-state index contributed by atoms with van der Waals surface area (Å²) in [6.07, 6.45) is 2.99. The minimum Gasteiger partial charge on any atom is -0.340 e. The van der Waals surface area contributed by atoms with Crippen LogP contribution in [0.15, 0.2) is 36.4 Å². The van der Waals surface area contributed by atoms with Crippen molar-refractivity contribution in [2.45, 2.75) is 19.4 Å². The van der Waals surface area contributed by atoms with Crippen LogP contribution in [-0.2, 0) is 9.08 Å². The van der Waals surface area contributed by atoms with E-state index in [9.17, 15) is 27.6 Å². The number of carbonyl (C=O) groups is 3. The lowest BCUT2D eigenvalue weighted by atomic mass is 9.92. The highest BCUT2D eigenvalue weighted by atomic mass is 32.2. The van der Waals surface area contributed by atoms with Gasteiger partial charge in [-0.05, 0) is 43.0 Å². The molecule has 3 amide bonds. The van der Waals surface area contributed by atoms with E-state index < -0.39 is 29.4 Å². The topological polar surface area (TPSA) is 66.9 Å². The summed E-state index contributed by atoms with van der Waals surface area (Å²) >= 11 is -0.936. The van der Waals surface area contributed by atoms with Crippen LogP contribution in [0.2, 0.25) is 0 Å². The molecular formula is C20H17F3N2O4S. The maximum atomic E-state index is 12.6. The fourth-order valence-corrected chi connectivity index (χ4v) is 3.49. The molecule has 0 aromatic heterocycles. The van der Waals surface area contributed by atoms with Crippen LogP contribution < -0.4 is 0 Å². The first-order valence-corrected chi connectivity index (χ1v) is 9.76. The normalized spacial score (nSPS) is 14.1. The second-order valence-corrected chi connectivity index (χ2v) is 7.06. The molecule has 0 fully saturated rings. The molecule has 0 bridgehead atoms. The van der Waals surface area contributed by atoms with E-state index in [0.717, 1.165) is 0 Å². The van der Waals surface area contributed by atoms with Gasteiger partial charge in [0.1, 0.15) is 12.0 Å². The molecule has 0 saturated heterocycles. The van der Waals surface area contributed by atoms with Gasteiger partial charge in [-0.2, -0.15) is 17.5 Å². The number of halogens is 3. The average Bonchev–Trinajstić information content (AvgIpc) is 2.70. The van der Waals surface area contributed by atoms with Crippen LogP contribution in [0.25, 0.3) is 16.8 Å². The summed E-state index contributed by atoms with van der Waals surface area (Å²) in [6.45, 7) is 4.83. The van der Waals surface area contributed by atoms with Crippen molar-refractivity contribution in [3.05, 3.63) is 53.1 Å². The van der Waals surface area contributed by atoms with Gasteiger partial charge in [0.25, 0.3) is 11.8 Å². The van der Waals surface area contributed by atoms with Gasteiger partial charge in [-0.25, -0.2) is 0 Å². The summed E-state index contributed by atoms with van der Waals surface area (Å²) in [5.41, 5.74) is -4.11. The van der Waals surface area contributed by atoms with Crippen LogP contribution in [0.1, 0.15) is 40.1 Å². The van der Waals surface area contributed by atoms with Gasteiger partial charge in [-0.15, -0.1) is 5.06 Å². The van der Waals surface area contributed by atoms with E-state index in [4.69, 9.17) is 0 Å². The van der Waals surface area contributed by atoms with E-state index in [2.05, 4.69) is 4.28 Å². The van der Waals surface area contributed by atoms with Crippen molar-refractivity contribution in [2.75, 3.05) is 13.1 Å². The zero-order chi connectivity index (χ0) is 22.1. The maximum Gasteiger partial charge on any atom is 0.470 e. The quantitative estimate of drug-likeness (QED) is 0.380. The lowest BCUT2D eigenvalue weighted by Crippen LogP contribution is -2.39. The SMILES string of the molecule is CCN(CC)C(=O)/C=C/c1ccc2c3c(cccc13)C(=O)N(OSC(F)(F)F)C2=O. The lowest BCUT2D eigenvalue weighted by molar-refractivity contribution is -0.125. The Balaban J connectivity index is 2.01. The Kier molecular flexibility index (Phi) is 6.18. The number of hydrogen-bond donors (Lipinski definition) is 0. The predicted octanol–water partition coefficient (Wildman–Crippen LogP) is 4.42. The molecule has 158 valence electrons. The standard InChI is InChI=1S/C20H17F3N2O4S/c1-3-24(4-2)16(26)11-9-12-8-10-15-17-13(12)6-5-7-14(17)18(27)25(19(15)28)29-30-20(21,22)23/h5-11H,3-4H2,1-2H3/b11-9+. The first-order chi connectivity index (χ1) is 14.2. The molecule has 30 heavy (non-hydrogen) atoms. The van der Waals surface area contributed by atoms with Crippen molar-refractivity contribution in [1.29, 1.82) is 0 Å². The number of benzene rings is 2. The third-order valence-electron chi connectivity index (χ3n) is 4.59. The van der Waals surface area contributed by atoms with E-state index in [1.807, 2.05) is 13.8 Å². The number of hydrogen-bond acceptors (Lipinski definition) is 5. The highest BCUT2D eigenvalue weighted by molar-refractivity contribution is 7.95. The zero-order valence-electron chi connectivity index (χ0n) is 16.0. The fraction of sp³-hybridized carbons (Fsp3) is 0.250. The van der Waals surface area contributed by atoms with Crippen LogP contribution in [0.3, 0.4) is 0 Å². The summed E-state index contributed by atoms with van der Waals surface area (Å²) in [7, 11) is 0. The Bertz CT molecular complexity index is 1030. The summed E-state index contributed by atoms with van der Waals surface area (Å²) < 4.78 is 41.7. The molecule has 0 spiro atoms. The third-order valence-corrected chi connectivity index (χ3v) is 5.00. The van der Waals surface area contributed by atoms with E-state index in [1.165, 1.54) is 18.2 Å². The van der Waals surface area contributed by atoms with Crippen LogP contribution in [0, 0.1) is 0 Å². The first kappa shape index (κ1) is 21.8. The number of alkyl halides is 3. The Hall–Kier alpha value is -2.85. The molecule has 3 rings (SSSR count). The van der Waals surface area contributed by atoms with E-state index in [1.54, 1.807) is 29.2 Å². The van der Waals surface area contributed by atoms with Gasteiger partial charge in [-0.1, -0.05) is 18.2 Å². The Morgan fingerprint density at radius 3 is 2.33 bits per heavy atom. The van der Waals surface area contributed by atoms with Gasteiger partial charge in [0.15, 0.2) is 0 Å². The summed E-state index contributed by atoms with van der Waals surface area (Å²) in [5, 5.41) is 0.939. The predicted molar refractivity (Wildman–Crippen MR) is 106 cm³/mol. The largest absolute Gasteiger partial charge is 0.470 e. The zero-order valence-corrected chi connectivity index (χ0v) is 16.8. The van der Waals surface area contributed by atoms with E-state index >= 15 is 0 Å². The molecule has 0 atom stereocenters. The minimum absolute atomic E-state index is 0.0372. The molecule has 2 aromatic carbocycles. The van der Waals surface area contributed by atoms with Crippen LogP contribution in [-0.4, -0.2) is 46.3 Å². The second kappa shape index (κ2) is 8.49. The molecule has 0 aliphatic carbocycles. The third kappa shape index (κ3) is 4.19. The van der Waals surface area contributed by atoms with Crippen LogP contribution >= 0.6 is 12.0 Å². The lowest BCUT2D eigenvalue weighted by Gasteiger charge is -2.25. The van der Waals surface area contributed by atoms with Crippen molar-refractivity contribution in [3.8, 4) is 0 Å². The first-order valence-electron chi connectivity index (χ1n) is 9.02. The number of carbonyl (C=O) groups excluding carboxylic acids is 3. The van der Waals surface area contributed by atoms with E-state index in [0.29, 0.717) is 29.4 Å². The molecule has 2 aromatic rings. The number of amides is 3. The van der Waals surface area contributed by atoms with Gasteiger partial charge < -0.3 is 4.90 Å².